The van der Waals surface area contributed by atoms with E-state index in [1.165, 1.54) is 26.6 Å². The Labute approximate surface area is 63.8 Å². The van der Waals surface area contributed by atoms with Crippen molar-refractivity contribution in [2.75, 3.05) is 14.2 Å². The highest BCUT2D eigenvalue weighted by Gasteiger charge is 2.13. The third-order valence-corrected chi connectivity index (χ3v) is 1.16. The first-order valence-corrected chi connectivity index (χ1v) is 2.95. The van der Waals surface area contributed by atoms with Crippen molar-refractivity contribution in [1.82, 2.24) is 4.98 Å². The van der Waals surface area contributed by atoms with Gasteiger partial charge in [-0.25, -0.2) is 4.98 Å². The maximum atomic E-state index is 10.9. The molecule has 0 aliphatic rings. The summed E-state index contributed by atoms with van der Waals surface area (Å²) in [6.07, 6.45) is 2.58. The Morgan fingerprint density at radius 1 is 1.45 bits per heavy atom. The van der Waals surface area contributed by atoms with Gasteiger partial charge in [0, 0.05) is 0 Å². The maximum absolute atomic E-state index is 10.9. The summed E-state index contributed by atoms with van der Waals surface area (Å²) in [6, 6.07) is 0. The third-order valence-electron chi connectivity index (χ3n) is 1.16. The van der Waals surface area contributed by atoms with Gasteiger partial charge in [-0.3, -0.25) is 0 Å². The molecule has 0 bridgehead atoms. The average Bonchev–Trinajstić information content (AvgIpc) is 2.04. The van der Waals surface area contributed by atoms with Crippen molar-refractivity contribution < 1.29 is 14.2 Å². The minimum atomic E-state index is 0.0648. The number of hydrogen-bond acceptors (Lipinski definition) is 4. The number of hydrogen-bond donors (Lipinski definition) is 0. The Bertz CT molecular complexity index is 252. The summed E-state index contributed by atoms with van der Waals surface area (Å²) in [5.41, 5.74) is 0. The molecule has 0 aliphatic heterocycles. The van der Waals surface area contributed by atoms with Gasteiger partial charge in [0.05, 0.1) is 20.4 Å². The monoisotopic (exact) mass is 156 g/mol. The van der Waals surface area contributed by atoms with Crippen molar-refractivity contribution in [3.8, 4) is 11.8 Å². The quantitative estimate of drug-likeness (QED) is 0.437. The Morgan fingerprint density at radius 2 is 2.18 bits per heavy atom. The standard InChI is InChI=1S/C6H8N2O3/c1-10-5-6(11-2)8(9)4-3-7-5/h3-4H,1-2H3. The molecule has 0 N–H and O–H groups in total. The Hall–Kier alpha value is -1.52. The molecule has 0 amide bonds. The van der Waals surface area contributed by atoms with Crippen LogP contribution in [0, 0.1) is 5.21 Å². The summed E-state index contributed by atoms with van der Waals surface area (Å²) >= 11 is 0. The van der Waals surface area contributed by atoms with Crippen LogP contribution in [0.1, 0.15) is 0 Å². The molecular formula is C6H8N2O3. The van der Waals surface area contributed by atoms with Gasteiger partial charge in [0.15, 0.2) is 0 Å². The lowest BCUT2D eigenvalue weighted by molar-refractivity contribution is -0.613. The van der Waals surface area contributed by atoms with E-state index in [4.69, 9.17) is 9.47 Å². The van der Waals surface area contributed by atoms with Gasteiger partial charge in [-0.15, -0.1) is 4.73 Å². The first-order chi connectivity index (χ1) is 5.29. The fourth-order valence-electron chi connectivity index (χ4n) is 0.696. The number of ether oxygens (including phenoxy) is 2. The van der Waals surface area contributed by atoms with Crippen molar-refractivity contribution in [3.05, 3.63) is 17.6 Å². The van der Waals surface area contributed by atoms with E-state index < -0.39 is 0 Å². The van der Waals surface area contributed by atoms with Crippen LogP contribution in [0.3, 0.4) is 0 Å². The molecular weight excluding hydrogens is 148 g/mol. The first-order valence-electron chi connectivity index (χ1n) is 2.95. The van der Waals surface area contributed by atoms with Crippen molar-refractivity contribution >= 4 is 0 Å². The molecule has 0 aromatic carbocycles. The van der Waals surface area contributed by atoms with E-state index in [2.05, 4.69) is 4.98 Å². The molecule has 0 aliphatic carbocycles. The second kappa shape index (κ2) is 3.05. The zero-order chi connectivity index (χ0) is 8.27. The van der Waals surface area contributed by atoms with Gasteiger partial charge in [-0.1, -0.05) is 0 Å². The summed E-state index contributed by atoms with van der Waals surface area (Å²) in [6.45, 7) is 0. The minimum Gasteiger partial charge on any atom is -0.616 e. The third kappa shape index (κ3) is 1.31. The molecule has 0 saturated carbocycles. The number of aromatic nitrogens is 2. The van der Waals surface area contributed by atoms with Crippen molar-refractivity contribution in [3.63, 3.8) is 0 Å². The zero-order valence-corrected chi connectivity index (χ0v) is 6.27. The van der Waals surface area contributed by atoms with Crippen molar-refractivity contribution in [2.24, 2.45) is 0 Å². The number of methoxy groups -OCH3 is 2. The predicted molar refractivity (Wildman–Crippen MR) is 36.3 cm³/mol. The van der Waals surface area contributed by atoms with Crippen LogP contribution in [0.25, 0.3) is 0 Å². The SMILES string of the molecule is COc1ncc[n+]([O-])c1OC. The highest BCUT2D eigenvalue weighted by Crippen LogP contribution is 2.16. The molecule has 1 rings (SSSR count). The first kappa shape index (κ1) is 7.59. The lowest BCUT2D eigenvalue weighted by Gasteiger charge is -2.04. The molecule has 0 fully saturated rings. The summed E-state index contributed by atoms with van der Waals surface area (Å²) < 4.78 is 10.0. The van der Waals surface area contributed by atoms with Crippen LogP contribution in [-0.4, -0.2) is 19.2 Å². The van der Waals surface area contributed by atoms with Gasteiger partial charge in [-0.2, -0.15) is 0 Å². The molecule has 0 atom stereocenters. The highest BCUT2D eigenvalue weighted by molar-refractivity contribution is 5.18. The number of nitrogens with zero attached hydrogens (tertiary/aromatic N) is 2. The van der Waals surface area contributed by atoms with E-state index in [1.807, 2.05) is 0 Å². The molecule has 1 aromatic rings. The summed E-state index contributed by atoms with van der Waals surface area (Å²) in [5.74, 6) is 0.250. The summed E-state index contributed by atoms with van der Waals surface area (Å²) in [7, 11) is 2.80. The highest BCUT2D eigenvalue weighted by atomic mass is 16.6. The van der Waals surface area contributed by atoms with Crippen LogP contribution in [-0.2, 0) is 0 Å². The molecule has 5 nitrogen and oxygen atoms in total. The van der Waals surface area contributed by atoms with Crippen LogP contribution in [0.2, 0.25) is 0 Å². The smallest absolute Gasteiger partial charge is 0.443 e. The largest absolute Gasteiger partial charge is 0.616 e. The summed E-state index contributed by atoms with van der Waals surface area (Å²) in [4.78, 5) is 3.76. The van der Waals surface area contributed by atoms with Crippen LogP contribution in [0.5, 0.6) is 11.8 Å². The van der Waals surface area contributed by atoms with Gasteiger partial charge >= 0.3 is 11.8 Å². The van der Waals surface area contributed by atoms with Crippen molar-refractivity contribution in [1.29, 1.82) is 0 Å². The van der Waals surface area contributed by atoms with Gasteiger partial charge in [-0.05, 0) is 0 Å². The van der Waals surface area contributed by atoms with Gasteiger partial charge in [0.25, 0.3) is 0 Å². The molecule has 60 valence electrons. The fraction of sp³-hybridized carbons (Fsp3) is 0.333. The Morgan fingerprint density at radius 3 is 2.64 bits per heavy atom. The van der Waals surface area contributed by atoms with Crippen LogP contribution >= 0.6 is 0 Å². The van der Waals surface area contributed by atoms with E-state index >= 15 is 0 Å². The molecule has 0 saturated heterocycles. The zero-order valence-electron chi connectivity index (χ0n) is 6.27. The van der Waals surface area contributed by atoms with Gasteiger partial charge in [0.1, 0.15) is 0 Å². The van der Waals surface area contributed by atoms with Crippen LogP contribution < -0.4 is 14.2 Å². The molecule has 11 heavy (non-hydrogen) atoms. The normalized spacial score (nSPS) is 9.27. The minimum absolute atomic E-state index is 0.0648. The molecule has 0 spiro atoms. The van der Waals surface area contributed by atoms with E-state index in [9.17, 15) is 5.21 Å². The molecule has 1 heterocycles. The van der Waals surface area contributed by atoms with E-state index in [1.54, 1.807) is 0 Å². The topological polar surface area (TPSA) is 58.3 Å². The lowest BCUT2D eigenvalue weighted by Crippen LogP contribution is -2.28. The van der Waals surface area contributed by atoms with Crippen LogP contribution in [0.15, 0.2) is 12.4 Å². The molecule has 5 heteroatoms. The average molecular weight is 156 g/mol. The fourth-order valence-corrected chi connectivity index (χ4v) is 0.696. The Balaban J connectivity index is 3.13. The second-order valence-corrected chi connectivity index (χ2v) is 1.77. The molecule has 0 unspecified atom stereocenters. The van der Waals surface area contributed by atoms with Gasteiger partial charge in [0.2, 0.25) is 6.20 Å². The predicted octanol–water partition coefficient (Wildman–Crippen LogP) is -0.268. The number of rotatable bonds is 2. The van der Waals surface area contributed by atoms with Crippen molar-refractivity contribution in [2.45, 2.75) is 0 Å². The van der Waals surface area contributed by atoms with E-state index in [0.29, 0.717) is 4.73 Å². The second-order valence-electron chi connectivity index (χ2n) is 1.77. The Kier molecular flexibility index (Phi) is 2.10. The lowest BCUT2D eigenvalue weighted by atomic mass is 10.7. The van der Waals surface area contributed by atoms with Crippen LogP contribution in [0.4, 0.5) is 0 Å². The maximum Gasteiger partial charge on any atom is 0.443 e. The summed E-state index contributed by atoms with van der Waals surface area (Å²) in [5, 5.41) is 10.9. The van der Waals surface area contributed by atoms with Gasteiger partial charge < -0.3 is 14.7 Å². The molecule has 1 aromatic heterocycles. The van der Waals surface area contributed by atoms with E-state index in [0.717, 1.165) is 0 Å². The molecule has 0 radical (unpaired) electrons. The van der Waals surface area contributed by atoms with E-state index in [-0.39, 0.29) is 11.8 Å².